The van der Waals surface area contributed by atoms with E-state index in [1.54, 1.807) is 0 Å². The first kappa shape index (κ1) is 11.9. The Kier molecular flexibility index (Phi) is 3.50. The molecule has 1 saturated heterocycles. The molecule has 2 N–H and O–H groups in total. The van der Waals surface area contributed by atoms with E-state index in [9.17, 15) is 4.79 Å². The van der Waals surface area contributed by atoms with Crippen molar-refractivity contribution in [3.05, 3.63) is 0 Å². The predicted molar refractivity (Wildman–Crippen MR) is 64.0 cm³/mol. The fraction of sp³-hybridized carbons (Fsp3) is 0.917. The Morgan fingerprint density at radius 2 is 2.25 bits per heavy atom. The summed E-state index contributed by atoms with van der Waals surface area (Å²) in [5.74, 6) is 0.664. The maximum atomic E-state index is 11.7. The molecule has 2 unspecified atom stereocenters. The minimum Gasteiger partial charge on any atom is -0.341 e. The standard InChI is InChI=1S/C12H23N3O/c1-9(14(2)11-3-4-11)7-15-8-10(6-13)5-12(15)16/h9-11H,3-8,13H2,1-2H3. The van der Waals surface area contributed by atoms with Gasteiger partial charge in [0.25, 0.3) is 0 Å². The van der Waals surface area contributed by atoms with Gasteiger partial charge in [0, 0.05) is 31.6 Å². The number of likely N-dealkylation sites (N-methyl/N-ethyl adjacent to an activating group) is 1. The molecule has 0 spiro atoms. The molecule has 0 aromatic heterocycles. The second-order valence-corrected chi connectivity index (χ2v) is 5.35. The third-order valence-corrected chi connectivity index (χ3v) is 3.93. The summed E-state index contributed by atoms with van der Waals surface area (Å²) in [6.07, 6.45) is 3.29. The van der Waals surface area contributed by atoms with Crippen LogP contribution >= 0.6 is 0 Å². The summed E-state index contributed by atoms with van der Waals surface area (Å²) in [6.45, 7) is 4.57. The van der Waals surface area contributed by atoms with Gasteiger partial charge < -0.3 is 10.6 Å². The third kappa shape index (κ3) is 2.55. The highest BCUT2D eigenvalue weighted by Gasteiger charge is 2.33. The molecule has 92 valence electrons. The molecule has 4 nitrogen and oxygen atoms in total. The first-order chi connectivity index (χ1) is 7.61. The maximum absolute atomic E-state index is 11.7. The predicted octanol–water partition coefficient (Wildman–Crippen LogP) is 0.276. The van der Waals surface area contributed by atoms with E-state index in [0.717, 1.165) is 19.1 Å². The fourth-order valence-corrected chi connectivity index (χ4v) is 2.48. The Labute approximate surface area is 97.8 Å². The highest BCUT2D eigenvalue weighted by Crippen LogP contribution is 2.27. The number of carbonyl (C=O) groups is 1. The SMILES string of the molecule is CC(CN1CC(CN)CC1=O)N(C)C1CC1. The Balaban J connectivity index is 1.82. The monoisotopic (exact) mass is 225 g/mol. The quantitative estimate of drug-likeness (QED) is 0.731. The summed E-state index contributed by atoms with van der Waals surface area (Å²) >= 11 is 0. The van der Waals surface area contributed by atoms with Crippen molar-refractivity contribution >= 4 is 5.91 Å². The van der Waals surface area contributed by atoms with Crippen LogP contribution in [0.5, 0.6) is 0 Å². The van der Waals surface area contributed by atoms with Crippen LogP contribution in [0, 0.1) is 5.92 Å². The van der Waals surface area contributed by atoms with Gasteiger partial charge in [-0.1, -0.05) is 0 Å². The van der Waals surface area contributed by atoms with Crippen molar-refractivity contribution in [1.82, 2.24) is 9.80 Å². The second kappa shape index (κ2) is 4.72. The first-order valence-electron chi connectivity index (χ1n) is 6.31. The average Bonchev–Trinajstić information content (AvgIpc) is 3.04. The van der Waals surface area contributed by atoms with E-state index in [0.29, 0.717) is 24.9 Å². The molecule has 0 radical (unpaired) electrons. The Bertz CT molecular complexity index is 265. The fourth-order valence-electron chi connectivity index (χ4n) is 2.48. The molecule has 1 saturated carbocycles. The smallest absolute Gasteiger partial charge is 0.223 e. The molecular weight excluding hydrogens is 202 g/mol. The largest absolute Gasteiger partial charge is 0.341 e. The van der Waals surface area contributed by atoms with E-state index in [-0.39, 0.29) is 5.91 Å². The third-order valence-electron chi connectivity index (χ3n) is 3.93. The molecule has 0 aromatic rings. The zero-order valence-corrected chi connectivity index (χ0v) is 10.4. The zero-order chi connectivity index (χ0) is 11.7. The summed E-state index contributed by atoms with van der Waals surface area (Å²) in [6, 6.07) is 1.23. The number of carbonyl (C=O) groups excluding carboxylic acids is 1. The lowest BCUT2D eigenvalue weighted by Crippen LogP contribution is -2.42. The highest BCUT2D eigenvalue weighted by molar-refractivity contribution is 5.78. The number of nitrogens with two attached hydrogens (primary N) is 1. The molecule has 2 aliphatic rings. The minimum atomic E-state index is 0.284. The summed E-state index contributed by atoms with van der Waals surface area (Å²) in [4.78, 5) is 16.1. The van der Waals surface area contributed by atoms with Gasteiger partial charge in [0.15, 0.2) is 0 Å². The molecule has 2 fully saturated rings. The van der Waals surface area contributed by atoms with Gasteiger partial charge in [-0.3, -0.25) is 9.69 Å². The van der Waals surface area contributed by atoms with E-state index >= 15 is 0 Å². The van der Waals surface area contributed by atoms with Crippen molar-refractivity contribution < 1.29 is 4.79 Å². The van der Waals surface area contributed by atoms with Crippen LogP contribution in [-0.2, 0) is 4.79 Å². The Hall–Kier alpha value is -0.610. The van der Waals surface area contributed by atoms with Gasteiger partial charge in [-0.25, -0.2) is 0 Å². The summed E-state index contributed by atoms with van der Waals surface area (Å²) in [7, 11) is 2.17. The Morgan fingerprint density at radius 1 is 1.56 bits per heavy atom. The van der Waals surface area contributed by atoms with Crippen molar-refractivity contribution in [2.45, 2.75) is 38.3 Å². The van der Waals surface area contributed by atoms with Crippen LogP contribution in [0.1, 0.15) is 26.2 Å². The first-order valence-corrected chi connectivity index (χ1v) is 6.31. The number of likely N-dealkylation sites (tertiary alicyclic amines) is 1. The molecule has 1 aliphatic carbocycles. The lowest BCUT2D eigenvalue weighted by atomic mass is 10.1. The van der Waals surface area contributed by atoms with Gasteiger partial charge in [-0.15, -0.1) is 0 Å². The van der Waals surface area contributed by atoms with Crippen LogP contribution in [-0.4, -0.2) is 54.5 Å². The van der Waals surface area contributed by atoms with Crippen LogP contribution in [0.15, 0.2) is 0 Å². The molecule has 0 aromatic carbocycles. The van der Waals surface area contributed by atoms with Gasteiger partial charge in [0.1, 0.15) is 0 Å². The molecule has 1 amide bonds. The van der Waals surface area contributed by atoms with Gasteiger partial charge in [-0.05, 0) is 39.3 Å². The van der Waals surface area contributed by atoms with Gasteiger partial charge >= 0.3 is 0 Å². The van der Waals surface area contributed by atoms with Crippen LogP contribution in [0.2, 0.25) is 0 Å². The second-order valence-electron chi connectivity index (χ2n) is 5.35. The number of hydrogen-bond acceptors (Lipinski definition) is 3. The molecule has 2 rings (SSSR count). The number of amides is 1. The van der Waals surface area contributed by atoms with Crippen molar-refractivity contribution in [3.8, 4) is 0 Å². The van der Waals surface area contributed by atoms with Crippen LogP contribution < -0.4 is 5.73 Å². The summed E-state index contributed by atoms with van der Waals surface area (Å²) in [5.41, 5.74) is 5.62. The van der Waals surface area contributed by atoms with Crippen LogP contribution in [0.3, 0.4) is 0 Å². The summed E-state index contributed by atoms with van der Waals surface area (Å²) in [5, 5.41) is 0. The van der Waals surface area contributed by atoms with Crippen molar-refractivity contribution in [3.63, 3.8) is 0 Å². The molecule has 1 heterocycles. The average molecular weight is 225 g/mol. The number of rotatable bonds is 5. The Morgan fingerprint density at radius 3 is 2.75 bits per heavy atom. The molecule has 16 heavy (non-hydrogen) atoms. The van der Waals surface area contributed by atoms with Crippen molar-refractivity contribution in [2.24, 2.45) is 11.7 Å². The van der Waals surface area contributed by atoms with Gasteiger partial charge in [0.05, 0.1) is 0 Å². The van der Waals surface area contributed by atoms with Crippen molar-refractivity contribution in [2.75, 3.05) is 26.7 Å². The molecule has 2 atom stereocenters. The lowest BCUT2D eigenvalue weighted by Gasteiger charge is -2.29. The minimum absolute atomic E-state index is 0.284. The van der Waals surface area contributed by atoms with E-state index in [1.807, 2.05) is 4.90 Å². The molecule has 0 bridgehead atoms. The summed E-state index contributed by atoms with van der Waals surface area (Å²) < 4.78 is 0. The van der Waals surface area contributed by atoms with E-state index in [2.05, 4.69) is 18.9 Å². The molecular formula is C12H23N3O. The lowest BCUT2D eigenvalue weighted by molar-refractivity contribution is -0.128. The van der Waals surface area contributed by atoms with E-state index < -0.39 is 0 Å². The highest BCUT2D eigenvalue weighted by atomic mass is 16.2. The molecule has 4 heteroatoms. The number of nitrogens with zero attached hydrogens (tertiary/aromatic N) is 2. The normalized spacial score (nSPS) is 27.9. The number of hydrogen-bond donors (Lipinski definition) is 1. The molecule has 1 aliphatic heterocycles. The van der Waals surface area contributed by atoms with Crippen LogP contribution in [0.25, 0.3) is 0 Å². The van der Waals surface area contributed by atoms with Crippen molar-refractivity contribution in [1.29, 1.82) is 0 Å². The van der Waals surface area contributed by atoms with Gasteiger partial charge in [-0.2, -0.15) is 0 Å². The van der Waals surface area contributed by atoms with E-state index in [4.69, 9.17) is 5.73 Å². The van der Waals surface area contributed by atoms with E-state index in [1.165, 1.54) is 12.8 Å². The maximum Gasteiger partial charge on any atom is 0.223 e. The van der Waals surface area contributed by atoms with Gasteiger partial charge in [0.2, 0.25) is 5.91 Å². The zero-order valence-electron chi connectivity index (χ0n) is 10.4. The topological polar surface area (TPSA) is 49.6 Å². The van der Waals surface area contributed by atoms with Crippen LogP contribution in [0.4, 0.5) is 0 Å².